The van der Waals surface area contributed by atoms with Gasteiger partial charge in [-0.3, -0.25) is 4.79 Å². The molecule has 0 saturated carbocycles. The van der Waals surface area contributed by atoms with Crippen LogP contribution < -0.4 is 14.8 Å². The molecular weight excluding hydrogens is 268 g/mol. The van der Waals surface area contributed by atoms with Gasteiger partial charge in [0.25, 0.3) is 5.91 Å². The highest BCUT2D eigenvalue weighted by Gasteiger charge is 2.12. The standard InChI is InChI=1S/C16H24N2O3/c1-20-14-7-6-13(12-15(14)21-2)16(19)17-8-11-18-9-4-3-5-10-18/h6-7,12H,3-5,8-11H2,1-2H3,(H,17,19). The van der Waals surface area contributed by atoms with Crippen LogP contribution in [0, 0.1) is 0 Å². The van der Waals surface area contributed by atoms with Crippen LogP contribution in [-0.4, -0.2) is 51.2 Å². The maximum atomic E-state index is 12.1. The highest BCUT2D eigenvalue weighted by atomic mass is 16.5. The molecule has 5 nitrogen and oxygen atoms in total. The zero-order valence-corrected chi connectivity index (χ0v) is 12.9. The van der Waals surface area contributed by atoms with Crippen molar-refractivity contribution >= 4 is 5.91 Å². The minimum absolute atomic E-state index is 0.0760. The average Bonchev–Trinajstić information content (AvgIpc) is 2.55. The number of rotatable bonds is 6. The number of likely N-dealkylation sites (tertiary alicyclic amines) is 1. The van der Waals surface area contributed by atoms with Crippen LogP contribution in [0.3, 0.4) is 0 Å². The zero-order valence-electron chi connectivity index (χ0n) is 12.9. The van der Waals surface area contributed by atoms with E-state index in [-0.39, 0.29) is 5.91 Å². The third-order valence-corrected chi connectivity index (χ3v) is 3.81. The number of carbonyl (C=O) groups is 1. The first-order valence-corrected chi connectivity index (χ1v) is 7.47. The Labute approximate surface area is 126 Å². The molecule has 1 amide bonds. The molecule has 1 aromatic carbocycles. The minimum atomic E-state index is -0.0760. The summed E-state index contributed by atoms with van der Waals surface area (Å²) in [4.78, 5) is 14.5. The number of nitrogens with one attached hydrogen (secondary N) is 1. The number of amides is 1. The van der Waals surface area contributed by atoms with Gasteiger partial charge in [-0.05, 0) is 44.1 Å². The fourth-order valence-electron chi connectivity index (χ4n) is 2.59. The van der Waals surface area contributed by atoms with Gasteiger partial charge in [0.2, 0.25) is 0 Å². The Morgan fingerprint density at radius 2 is 1.86 bits per heavy atom. The second-order valence-corrected chi connectivity index (χ2v) is 5.23. The molecule has 0 aliphatic carbocycles. The summed E-state index contributed by atoms with van der Waals surface area (Å²) in [5.74, 6) is 1.12. The summed E-state index contributed by atoms with van der Waals surface area (Å²) in [6, 6.07) is 5.20. The number of piperidine rings is 1. The van der Waals surface area contributed by atoms with E-state index in [9.17, 15) is 4.79 Å². The van der Waals surface area contributed by atoms with Crippen molar-refractivity contribution in [3.8, 4) is 11.5 Å². The van der Waals surface area contributed by atoms with Gasteiger partial charge in [0.1, 0.15) is 0 Å². The molecule has 0 radical (unpaired) electrons. The second-order valence-electron chi connectivity index (χ2n) is 5.23. The van der Waals surface area contributed by atoms with E-state index in [1.54, 1.807) is 32.4 Å². The van der Waals surface area contributed by atoms with Crippen LogP contribution >= 0.6 is 0 Å². The van der Waals surface area contributed by atoms with Gasteiger partial charge in [0, 0.05) is 18.7 Å². The van der Waals surface area contributed by atoms with Crippen molar-refractivity contribution < 1.29 is 14.3 Å². The lowest BCUT2D eigenvalue weighted by Crippen LogP contribution is -2.37. The molecule has 116 valence electrons. The van der Waals surface area contributed by atoms with Crippen molar-refractivity contribution in [1.82, 2.24) is 10.2 Å². The lowest BCUT2D eigenvalue weighted by atomic mass is 10.1. The lowest BCUT2D eigenvalue weighted by molar-refractivity contribution is 0.0946. The first-order valence-electron chi connectivity index (χ1n) is 7.47. The topological polar surface area (TPSA) is 50.8 Å². The third-order valence-electron chi connectivity index (χ3n) is 3.81. The van der Waals surface area contributed by atoms with E-state index in [2.05, 4.69) is 10.2 Å². The zero-order chi connectivity index (χ0) is 15.1. The molecule has 0 bridgehead atoms. The normalized spacial score (nSPS) is 15.5. The number of ether oxygens (including phenoxy) is 2. The number of nitrogens with zero attached hydrogens (tertiary/aromatic N) is 1. The maximum Gasteiger partial charge on any atom is 0.251 e. The summed E-state index contributed by atoms with van der Waals surface area (Å²) >= 11 is 0. The predicted octanol–water partition coefficient (Wildman–Crippen LogP) is 1.92. The summed E-state index contributed by atoms with van der Waals surface area (Å²) < 4.78 is 10.4. The van der Waals surface area contributed by atoms with Gasteiger partial charge < -0.3 is 19.7 Å². The third kappa shape index (κ3) is 4.36. The smallest absolute Gasteiger partial charge is 0.251 e. The Morgan fingerprint density at radius 3 is 2.52 bits per heavy atom. The Balaban J connectivity index is 1.85. The Hall–Kier alpha value is -1.75. The second kappa shape index (κ2) is 7.88. The van der Waals surface area contributed by atoms with E-state index in [0.29, 0.717) is 23.6 Å². The van der Waals surface area contributed by atoms with Crippen LogP contribution in [0.5, 0.6) is 11.5 Å². The van der Waals surface area contributed by atoms with Crippen LogP contribution in [0.4, 0.5) is 0 Å². The van der Waals surface area contributed by atoms with E-state index in [1.807, 2.05) is 0 Å². The maximum absolute atomic E-state index is 12.1. The molecule has 1 aromatic rings. The van der Waals surface area contributed by atoms with Crippen molar-refractivity contribution in [3.63, 3.8) is 0 Å². The molecular formula is C16H24N2O3. The van der Waals surface area contributed by atoms with Crippen LogP contribution in [0.2, 0.25) is 0 Å². The SMILES string of the molecule is COc1ccc(C(=O)NCCN2CCCCC2)cc1OC. The van der Waals surface area contributed by atoms with Crippen molar-refractivity contribution in [1.29, 1.82) is 0 Å². The summed E-state index contributed by atoms with van der Waals surface area (Å²) in [6.45, 7) is 3.88. The van der Waals surface area contributed by atoms with E-state index in [0.717, 1.165) is 19.6 Å². The van der Waals surface area contributed by atoms with E-state index < -0.39 is 0 Å². The highest BCUT2D eigenvalue weighted by molar-refractivity contribution is 5.94. The first-order chi connectivity index (χ1) is 10.2. The van der Waals surface area contributed by atoms with Crippen LogP contribution in [0.15, 0.2) is 18.2 Å². The molecule has 1 aliphatic rings. The molecule has 1 aliphatic heterocycles. The van der Waals surface area contributed by atoms with Gasteiger partial charge >= 0.3 is 0 Å². The molecule has 0 aromatic heterocycles. The molecule has 1 saturated heterocycles. The van der Waals surface area contributed by atoms with Crippen molar-refractivity contribution in [2.75, 3.05) is 40.4 Å². The highest BCUT2D eigenvalue weighted by Crippen LogP contribution is 2.27. The van der Waals surface area contributed by atoms with Gasteiger partial charge in [0.05, 0.1) is 14.2 Å². The van der Waals surface area contributed by atoms with Crippen LogP contribution in [0.1, 0.15) is 29.6 Å². The van der Waals surface area contributed by atoms with Crippen molar-refractivity contribution in [2.45, 2.75) is 19.3 Å². The van der Waals surface area contributed by atoms with Gasteiger partial charge in [-0.15, -0.1) is 0 Å². The number of hydrogen-bond donors (Lipinski definition) is 1. The minimum Gasteiger partial charge on any atom is -0.493 e. The van der Waals surface area contributed by atoms with Gasteiger partial charge in [-0.2, -0.15) is 0 Å². The van der Waals surface area contributed by atoms with E-state index in [1.165, 1.54) is 19.3 Å². The molecule has 21 heavy (non-hydrogen) atoms. The molecule has 1 fully saturated rings. The average molecular weight is 292 g/mol. The summed E-state index contributed by atoms with van der Waals surface area (Å²) in [6.07, 6.45) is 3.86. The molecule has 0 unspecified atom stereocenters. The Bertz CT molecular complexity index is 471. The van der Waals surface area contributed by atoms with Gasteiger partial charge in [-0.1, -0.05) is 6.42 Å². The number of methoxy groups -OCH3 is 2. The molecule has 5 heteroatoms. The monoisotopic (exact) mass is 292 g/mol. The molecule has 1 N–H and O–H groups in total. The molecule has 1 heterocycles. The number of carbonyl (C=O) groups excluding carboxylic acids is 1. The summed E-state index contributed by atoms with van der Waals surface area (Å²) in [5, 5.41) is 2.96. The van der Waals surface area contributed by atoms with E-state index in [4.69, 9.17) is 9.47 Å². The quantitative estimate of drug-likeness (QED) is 0.870. The molecule has 2 rings (SSSR count). The number of benzene rings is 1. The molecule has 0 spiro atoms. The Kier molecular flexibility index (Phi) is 5.87. The molecule has 0 atom stereocenters. The fraction of sp³-hybridized carbons (Fsp3) is 0.562. The number of hydrogen-bond acceptors (Lipinski definition) is 4. The largest absolute Gasteiger partial charge is 0.493 e. The lowest BCUT2D eigenvalue weighted by Gasteiger charge is -2.26. The van der Waals surface area contributed by atoms with Gasteiger partial charge in [-0.25, -0.2) is 0 Å². The van der Waals surface area contributed by atoms with Crippen LogP contribution in [0.25, 0.3) is 0 Å². The van der Waals surface area contributed by atoms with Crippen LogP contribution in [-0.2, 0) is 0 Å². The fourth-order valence-corrected chi connectivity index (χ4v) is 2.59. The van der Waals surface area contributed by atoms with Crippen molar-refractivity contribution in [3.05, 3.63) is 23.8 Å². The predicted molar refractivity (Wildman–Crippen MR) is 82.2 cm³/mol. The van der Waals surface area contributed by atoms with Gasteiger partial charge in [0.15, 0.2) is 11.5 Å². The Morgan fingerprint density at radius 1 is 1.14 bits per heavy atom. The van der Waals surface area contributed by atoms with E-state index >= 15 is 0 Å². The first kappa shape index (κ1) is 15.6. The van der Waals surface area contributed by atoms with Crippen molar-refractivity contribution in [2.24, 2.45) is 0 Å². The summed E-state index contributed by atoms with van der Waals surface area (Å²) in [7, 11) is 3.14. The summed E-state index contributed by atoms with van der Waals surface area (Å²) in [5.41, 5.74) is 0.589.